The molecule has 0 aromatic heterocycles. The minimum atomic E-state index is 0.0396. The van der Waals surface area contributed by atoms with Crippen LogP contribution < -0.4 is 10.5 Å². The molecule has 20 heavy (non-hydrogen) atoms. The molecule has 1 aromatic carbocycles. The second-order valence-corrected chi connectivity index (χ2v) is 6.61. The number of hydrogen-bond acceptors (Lipinski definition) is 3. The fourth-order valence-corrected chi connectivity index (χ4v) is 2.80. The summed E-state index contributed by atoms with van der Waals surface area (Å²) in [6.45, 7) is 12.5. The first-order valence-electron chi connectivity index (χ1n) is 7.26. The van der Waals surface area contributed by atoms with Crippen LogP contribution in [-0.2, 0) is 0 Å². The Morgan fingerprint density at radius 3 is 2.20 bits per heavy atom. The average molecular weight is 343 g/mol. The number of ether oxygens (including phenoxy) is 1. The van der Waals surface area contributed by atoms with Gasteiger partial charge in [-0.1, -0.05) is 6.07 Å². The minimum absolute atomic E-state index is 0.0396. The number of halogens is 1. The zero-order valence-electron chi connectivity index (χ0n) is 13.2. The topological polar surface area (TPSA) is 38.5 Å². The first-order chi connectivity index (χ1) is 9.32. The van der Waals surface area contributed by atoms with Crippen LogP contribution in [0.1, 0.15) is 46.2 Å². The van der Waals surface area contributed by atoms with Crippen LogP contribution in [0.15, 0.2) is 22.7 Å². The van der Waals surface area contributed by atoms with E-state index < -0.39 is 0 Å². The van der Waals surface area contributed by atoms with E-state index >= 15 is 0 Å². The Kier molecular flexibility index (Phi) is 7.00. The van der Waals surface area contributed by atoms with Crippen LogP contribution in [0.25, 0.3) is 0 Å². The van der Waals surface area contributed by atoms with Crippen LogP contribution in [0.5, 0.6) is 5.75 Å². The van der Waals surface area contributed by atoms with Crippen molar-refractivity contribution in [2.45, 2.75) is 52.7 Å². The van der Waals surface area contributed by atoms with Gasteiger partial charge in [0.05, 0.1) is 4.47 Å². The maximum Gasteiger partial charge on any atom is 0.133 e. The highest BCUT2D eigenvalue weighted by Crippen LogP contribution is 2.27. The molecule has 0 heterocycles. The fraction of sp³-hybridized carbons (Fsp3) is 0.625. The fourth-order valence-electron chi connectivity index (χ4n) is 2.29. The monoisotopic (exact) mass is 342 g/mol. The summed E-state index contributed by atoms with van der Waals surface area (Å²) in [5.41, 5.74) is 6.98. The zero-order valence-corrected chi connectivity index (χ0v) is 14.8. The number of hydrogen-bond donors (Lipinski definition) is 1. The lowest BCUT2D eigenvalue weighted by Crippen LogP contribution is -2.39. The lowest BCUT2D eigenvalue weighted by atomic mass is 10.1. The van der Waals surface area contributed by atoms with Crippen molar-refractivity contribution >= 4 is 15.9 Å². The van der Waals surface area contributed by atoms with Crippen LogP contribution in [0, 0.1) is 0 Å². The third kappa shape index (κ3) is 5.08. The van der Waals surface area contributed by atoms with Crippen molar-refractivity contribution in [3.05, 3.63) is 28.2 Å². The highest BCUT2D eigenvalue weighted by molar-refractivity contribution is 9.10. The van der Waals surface area contributed by atoms with Gasteiger partial charge in [0.15, 0.2) is 0 Å². The molecule has 1 rings (SSSR count). The van der Waals surface area contributed by atoms with E-state index in [0.29, 0.717) is 18.7 Å². The van der Waals surface area contributed by atoms with E-state index in [1.807, 2.05) is 25.1 Å². The van der Waals surface area contributed by atoms with Gasteiger partial charge >= 0.3 is 0 Å². The molecule has 0 aliphatic rings. The van der Waals surface area contributed by atoms with Gasteiger partial charge in [0, 0.05) is 24.7 Å². The van der Waals surface area contributed by atoms with E-state index in [2.05, 4.69) is 48.5 Å². The van der Waals surface area contributed by atoms with Gasteiger partial charge in [-0.25, -0.2) is 0 Å². The Balaban J connectivity index is 2.58. The van der Waals surface area contributed by atoms with Gasteiger partial charge in [0.2, 0.25) is 0 Å². The van der Waals surface area contributed by atoms with Gasteiger partial charge in [0.25, 0.3) is 0 Å². The molecule has 0 saturated carbocycles. The summed E-state index contributed by atoms with van der Waals surface area (Å²) in [6.07, 6.45) is 0. The molecule has 1 aromatic rings. The van der Waals surface area contributed by atoms with E-state index in [-0.39, 0.29) is 6.04 Å². The largest absolute Gasteiger partial charge is 0.491 e. The molecule has 0 radical (unpaired) electrons. The SMILES string of the molecule is CC(C)N(CCOc1ccc([C@@H](C)N)cc1Br)C(C)C. The maximum absolute atomic E-state index is 5.87. The molecule has 3 nitrogen and oxygen atoms in total. The molecule has 0 saturated heterocycles. The highest BCUT2D eigenvalue weighted by Gasteiger charge is 2.13. The number of benzene rings is 1. The molecular formula is C16H27BrN2O. The van der Waals surface area contributed by atoms with E-state index in [0.717, 1.165) is 22.3 Å². The van der Waals surface area contributed by atoms with E-state index in [1.165, 1.54) is 0 Å². The quantitative estimate of drug-likeness (QED) is 0.814. The summed E-state index contributed by atoms with van der Waals surface area (Å²) in [5, 5.41) is 0. The van der Waals surface area contributed by atoms with Crippen LogP contribution in [0.4, 0.5) is 0 Å². The summed E-state index contributed by atoms with van der Waals surface area (Å²) in [5.74, 6) is 0.877. The second-order valence-electron chi connectivity index (χ2n) is 5.75. The number of rotatable bonds is 7. The van der Waals surface area contributed by atoms with Crippen LogP contribution in [-0.4, -0.2) is 30.1 Å². The summed E-state index contributed by atoms with van der Waals surface area (Å²) >= 11 is 3.55. The normalized spacial score (nSPS) is 13.3. The first kappa shape index (κ1) is 17.5. The van der Waals surface area contributed by atoms with Crippen molar-refractivity contribution in [3.63, 3.8) is 0 Å². The van der Waals surface area contributed by atoms with E-state index in [1.54, 1.807) is 0 Å². The lowest BCUT2D eigenvalue weighted by molar-refractivity contribution is 0.141. The predicted molar refractivity (Wildman–Crippen MR) is 89.2 cm³/mol. The molecular weight excluding hydrogens is 316 g/mol. The molecule has 0 bridgehead atoms. The predicted octanol–water partition coefficient (Wildman–Crippen LogP) is 3.97. The first-order valence-corrected chi connectivity index (χ1v) is 8.05. The molecule has 0 spiro atoms. The van der Waals surface area contributed by atoms with Crippen LogP contribution in [0.3, 0.4) is 0 Å². The Morgan fingerprint density at radius 1 is 1.15 bits per heavy atom. The summed E-state index contributed by atoms with van der Waals surface area (Å²) in [6, 6.07) is 7.14. The van der Waals surface area contributed by atoms with Crippen molar-refractivity contribution in [2.75, 3.05) is 13.2 Å². The van der Waals surface area contributed by atoms with Crippen molar-refractivity contribution in [1.29, 1.82) is 0 Å². The van der Waals surface area contributed by atoms with Gasteiger partial charge in [-0.3, -0.25) is 4.90 Å². The molecule has 4 heteroatoms. The lowest BCUT2D eigenvalue weighted by Gasteiger charge is -2.30. The minimum Gasteiger partial charge on any atom is -0.491 e. The van der Waals surface area contributed by atoms with Crippen LogP contribution in [0.2, 0.25) is 0 Å². The van der Waals surface area contributed by atoms with Crippen molar-refractivity contribution in [1.82, 2.24) is 4.90 Å². The van der Waals surface area contributed by atoms with Gasteiger partial charge in [-0.15, -0.1) is 0 Å². The highest BCUT2D eigenvalue weighted by atomic mass is 79.9. The molecule has 2 N–H and O–H groups in total. The standard InChI is InChI=1S/C16H27BrN2O/c1-11(2)19(12(3)4)8-9-20-16-7-6-14(13(5)18)10-15(16)17/h6-7,10-13H,8-9,18H2,1-5H3/t13-/m1/s1. The molecule has 0 aliphatic carbocycles. The number of nitrogens with zero attached hydrogens (tertiary/aromatic N) is 1. The molecule has 1 atom stereocenters. The molecule has 0 aliphatic heterocycles. The van der Waals surface area contributed by atoms with Gasteiger partial charge in [-0.05, 0) is 68.2 Å². The van der Waals surface area contributed by atoms with E-state index in [4.69, 9.17) is 10.5 Å². The van der Waals surface area contributed by atoms with Crippen LogP contribution >= 0.6 is 15.9 Å². The van der Waals surface area contributed by atoms with E-state index in [9.17, 15) is 0 Å². The summed E-state index contributed by atoms with van der Waals surface area (Å²) in [4.78, 5) is 2.42. The Labute approximate surface area is 131 Å². The molecule has 0 unspecified atom stereocenters. The third-order valence-electron chi connectivity index (χ3n) is 3.42. The molecule has 0 fully saturated rings. The smallest absolute Gasteiger partial charge is 0.133 e. The van der Waals surface area contributed by atoms with Crippen molar-refractivity contribution in [3.8, 4) is 5.75 Å². The van der Waals surface area contributed by atoms with Crippen molar-refractivity contribution in [2.24, 2.45) is 5.73 Å². The van der Waals surface area contributed by atoms with Crippen molar-refractivity contribution < 1.29 is 4.74 Å². The second kappa shape index (κ2) is 8.01. The summed E-state index contributed by atoms with van der Waals surface area (Å²) < 4.78 is 6.84. The Hall–Kier alpha value is -0.580. The van der Waals surface area contributed by atoms with Gasteiger partial charge < -0.3 is 10.5 Å². The Bertz CT molecular complexity index is 411. The summed E-state index contributed by atoms with van der Waals surface area (Å²) in [7, 11) is 0. The Morgan fingerprint density at radius 2 is 1.75 bits per heavy atom. The zero-order chi connectivity index (χ0) is 15.3. The maximum atomic E-state index is 5.87. The van der Waals surface area contributed by atoms with Gasteiger partial charge in [-0.2, -0.15) is 0 Å². The molecule has 0 amide bonds. The van der Waals surface area contributed by atoms with Gasteiger partial charge in [0.1, 0.15) is 12.4 Å². The average Bonchev–Trinajstić information content (AvgIpc) is 2.34. The number of nitrogens with two attached hydrogens (primary N) is 1. The molecule has 114 valence electrons. The third-order valence-corrected chi connectivity index (χ3v) is 4.04.